The quantitative estimate of drug-likeness (QED) is 0.785. The number of rotatable bonds is 3. The van der Waals surface area contributed by atoms with Crippen LogP contribution in [0.4, 0.5) is 0 Å². The van der Waals surface area contributed by atoms with E-state index in [4.69, 9.17) is 25.8 Å². The highest BCUT2D eigenvalue weighted by Crippen LogP contribution is 2.42. The number of ether oxygens (including phenoxy) is 3. The topological polar surface area (TPSA) is 57.7 Å². The lowest BCUT2D eigenvalue weighted by Crippen LogP contribution is -2.04. The van der Waals surface area contributed by atoms with Gasteiger partial charge in [-0.05, 0) is 15.9 Å². The lowest BCUT2D eigenvalue weighted by atomic mass is 10.1. The fourth-order valence-electron chi connectivity index (χ4n) is 1.81. The predicted molar refractivity (Wildman–Crippen MR) is 78.9 cm³/mol. The summed E-state index contributed by atoms with van der Waals surface area (Å²) in [6, 6.07) is 1.64. The second kappa shape index (κ2) is 5.85. The van der Waals surface area contributed by atoms with E-state index in [0.717, 1.165) is 0 Å². The van der Waals surface area contributed by atoms with Crippen molar-refractivity contribution in [3.8, 4) is 11.5 Å². The maximum atomic E-state index is 11.7. The van der Waals surface area contributed by atoms with Crippen molar-refractivity contribution in [3.05, 3.63) is 27.3 Å². The number of aromatic nitrogens is 1. The molecule has 0 aliphatic heterocycles. The first-order chi connectivity index (χ1) is 9.54. The summed E-state index contributed by atoms with van der Waals surface area (Å²) >= 11 is 9.66. The highest BCUT2D eigenvalue weighted by atomic mass is 79.9. The molecule has 0 atom stereocenters. The molecule has 106 valence electrons. The number of carbonyl (C=O) groups excluding carboxylic acids is 1. The van der Waals surface area contributed by atoms with Gasteiger partial charge in [0.25, 0.3) is 0 Å². The summed E-state index contributed by atoms with van der Waals surface area (Å²) in [5, 5.41) is 0.874. The van der Waals surface area contributed by atoms with Crippen LogP contribution in [-0.2, 0) is 4.74 Å². The minimum atomic E-state index is -0.510. The van der Waals surface area contributed by atoms with Gasteiger partial charge in [-0.3, -0.25) is 4.98 Å². The molecule has 0 amide bonds. The van der Waals surface area contributed by atoms with Crippen molar-refractivity contribution in [2.45, 2.75) is 0 Å². The van der Waals surface area contributed by atoms with Crippen molar-refractivity contribution in [2.24, 2.45) is 0 Å². The van der Waals surface area contributed by atoms with Crippen LogP contribution in [-0.4, -0.2) is 32.3 Å². The lowest BCUT2D eigenvalue weighted by Gasteiger charge is -2.13. The monoisotopic (exact) mass is 359 g/mol. The summed E-state index contributed by atoms with van der Waals surface area (Å²) in [7, 11) is 4.32. The van der Waals surface area contributed by atoms with E-state index in [1.807, 2.05) is 0 Å². The maximum Gasteiger partial charge on any atom is 0.340 e. The standard InChI is InChI=1S/C13H11BrClNO4/c1-18-7-4-8(19-2)12-9(11(7)15)10(14)6(5-16-12)13(17)20-3/h4-5H,1-3H3. The smallest absolute Gasteiger partial charge is 0.340 e. The van der Waals surface area contributed by atoms with E-state index in [9.17, 15) is 4.79 Å². The van der Waals surface area contributed by atoms with Crippen LogP contribution in [0, 0.1) is 0 Å². The first-order valence-electron chi connectivity index (χ1n) is 5.52. The zero-order valence-electron chi connectivity index (χ0n) is 11.0. The van der Waals surface area contributed by atoms with Crippen LogP contribution in [0.15, 0.2) is 16.7 Å². The first kappa shape index (κ1) is 14.9. The fraction of sp³-hybridized carbons (Fsp3) is 0.231. The molecule has 0 saturated carbocycles. The molecule has 1 aromatic carbocycles. The Balaban J connectivity index is 2.88. The van der Waals surface area contributed by atoms with E-state index < -0.39 is 5.97 Å². The molecule has 0 unspecified atom stereocenters. The number of methoxy groups -OCH3 is 3. The van der Waals surface area contributed by atoms with Crippen LogP contribution in [0.3, 0.4) is 0 Å². The Morgan fingerprint density at radius 3 is 2.45 bits per heavy atom. The molecule has 0 N–H and O–H groups in total. The number of hydrogen-bond acceptors (Lipinski definition) is 5. The maximum absolute atomic E-state index is 11.7. The molecule has 20 heavy (non-hydrogen) atoms. The van der Waals surface area contributed by atoms with Crippen LogP contribution in [0.5, 0.6) is 11.5 Å². The molecule has 0 spiro atoms. The van der Waals surface area contributed by atoms with E-state index in [2.05, 4.69) is 20.9 Å². The van der Waals surface area contributed by atoms with Crippen molar-refractivity contribution in [2.75, 3.05) is 21.3 Å². The van der Waals surface area contributed by atoms with E-state index in [1.165, 1.54) is 27.5 Å². The molecule has 2 rings (SSSR count). The van der Waals surface area contributed by atoms with E-state index >= 15 is 0 Å². The Morgan fingerprint density at radius 2 is 1.90 bits per heavy atom. The van der Waals surface area contributed by atoms with E-state index in [-0.39, 0.29) is 5.56 Å². The molecule has 0 aliphatic carbocycles. The fourth-order valence-corrected chi connectivity index (χ4v) is 2.89. The van der Waals surface area contributed by atoms with Gasteiger partial charge in [-0.2, -0.15) is 0 Å². The van der Waals surface area contributed by atoms with Gasteiger partial charge in [0, 0.05) is 22.1 Å². The first-order valence-corrected chi connectivity index (χ1v) is 6.69. The third kappa shape index (κ3) is 2.29. The normalized spacial score (nSPS) is 10.4. The van der Waals surface area contributed by atoms with Crippen molar-refractivity contribution >= 4 is 44.4 Å². The molecule has 1 aromatic heterocycles. The molecule has 0 saturated heterocycles. The van der Waals surface area contributed by atoms with Crippen molar-refractivity contribution in [3.63, 3.8) is 0 Å². The van der Waals surface area contributed by atoms with Crippen LogP contribution in [0.1, 0.15) is 10.4 Å². The average molecular weight is 361 g/mol. The Kier molecular flexibility index (Phi) is 4.35. The molecule has 5 nitrogen and oxygen atoms in total. The van der Waals surface area contributed by atoms with E-state index in [0.29, 0.717) is 31.9 Å². The number of halogens is 2. The zero-order valence-corrected chi connectivity index (χ0v) is 13.3. The molecular formula is C13H11BrClNO4. The minimum Gasteiger partial charge on any atom is -0.495 e. The molecule has 0 fully saturated rings. The summed E-state index contributed by atoms with van der Waals surface area (Å²) in [4.78, 5) is 15.9. The van der Waals surface area contributed by atoms with Crippen LogP contribution in [0.25, 0.3) is 10.9 Å². The van der Waals surface area contributed by atoms with Crippen LogP contribution < -0.4 is 9.47 Å². The van der Waals surface area contributed by atoms with Gasteiger partial charge in [0.1, 0.15) is 17.0 Å². The third-order valence-corrected chi connectivity index (χ3v) is 3.99. The van der Waals surface area contributed by atoms with Gasteiger partial charge in [0.15, 0.2) is 0 Å². The number of hydrogen-bond donors (Lipinski definition) is 0. The summed E-state index contributed by atoms with van der Waals surface area (Å²) in [6.45, 7) is 0. The number of carbonyl (C=O) groups is 1. The summed E-state index contributed by atoms with van der Waals surface area (Å²) < 4.78 is 15.7. The van der Waals surface area contributed by atoms with Crippen LogP contribution >= 0.6 is 27.5 Å². The Labute approximate surface area is 128 Å². The molecule has 7 heteroatoms. The zero-order chi connectivity index (χ0) is 14.9. The number of esters is 1. The highest BCUT2D eigenvalue weighted by Gasteiger charge is 2.20. The molecule has 0 bridgehead atoms. The van der Waals surface area contributed by atoms with Gasteiger partial charge in [-0.1, -0.05) is 11.6 Å². The predicted octanol–water partition coefficient (Wildman–Crippen LogP) is 3.45. The number of pyridine rings is 1. The van der Waals surface area contributed by atoms with Crippen molar-refractivity contribution in [1.82, 2.24) is 4.98 Å². The molecule has 0 radical (unpaired) electrons. The minimum absolute atomic E-state index is 0.275. The Bertz CT molecular complexity index is 690. The van der Waals surface area contributed by atoms with Gasteiger partial charge in [0.2, 0.25) is 0 Å². The average Bonchev–Trinajstić information content (AvgIpc) is 2.47. The molecule has 1 heterocycles. The third-order valence-electron chi connectivity index (χ3n) is 2.79. The second-order valence-electron chi connectivity index (χ2n) is 3.80. The molecule has 2 aromatic rings. The summed E-state index contributed by atoms with van der Waals surface area (Å²) in [5.74, 6) is 0.419. The Morgan fingerprint density at radius 1 is 1.25 bits per heavy atom. The van der Waals surface area contributed by atoms with Gasteiger partial charge in [-0.15, -0.1) is 0 Å². The SMILES string of the molecule is COC(=O)c1cnc2c(OC)cc(OC)c(Cl)c2c1Br. The lowest BCUT2D eigenvalue weighted by molar-refractivity contribution is 0.0599. The Hall–Kier alpha value is -1.53. The largest absolute Gasteiger partial charge is 0.495 e. The number of fused-ring (bicyclic) bond motifs is 1. The number of benzene rings is 1. The number of nitrogens with zero attached hydrogens (tertiary/aromatic N) is 1. The second-order valence-corrected chi connectivity index (χ2v) is 4.97. The van der Waals surface area contributed by atoms with Gasteiger partial charge in [0.05, 0.1) is 31.9 Å². The van der Waals surface area contributed by atoms with E-state index in [1.54, 1.807) is 6.07 Å². The molecule has 0 aliphatic rings. The molecular weight excluding hydrogens is 350 g/mol. The van der Waals surface area contributed by atoms with Gasteiger partial charge >= 0.3 is 5.97 Å². The van der Waals surface area contributed by atoms with Gasteiger partial charge in [-0.25, -0.2) is 4.79 Å². The van der Waals surface area contributed by atoms with Crippen molar-refractivity contribution in [1.29, 1.82) is 0 Å². The van der Waals surface area contributed by atoms with Gasteiger partial charge < -0.3 is 14.2 Å². The van der Waals surface area contributed by atoms with Crippen molar-refractivity contribution < 1.29 is 19.0 Å². The highest BCUT2D eigenvalue weighted by molar-refractivity contribution is 9.10. The summed E-state index contributed by atoms with van der Waals surface area (Å²) in [6.07, 6.45) is 1.41. The summed E-state index contributed by atoms with van der Waals surface area (Å²) in [5.41, 5.74) is 0.801. The van der Waals surface area contributed by atoms with Crippen LogP contribution in [0.2, 0.25) is 5.02 Å².